The lowest BCUT2D eigenvalue weighted by molar-refractivity contribution is -0.143. The van der Waals surface area contributed by atoms with Gasteiger partial charge in [-0.25, -0.2) is 0 Å². The Morgan fingerprint density at radius 1 is 1.53 bits per heavy atom. The minimum Gasteiger partial charge on any atom is -0.465 e. The first-order chi connectivity index (χ1) is 8.15. The molecule has 6 heteroatoms. The predicted octanol–water partition coefficient (Wildman–Crippen LogP) is 0.104. The summed E-state index contributed by atoms with van der Waals surface area (Å²) in [6, 6.07) is -0.621. The number of rotatable bonds is 9. The summed E-state index contributed by atoms with van der Waals surface area (Å²) in [5, 5.41) is 2.41. The summed E-state index contributed by atoms with van der Waals surface area (Å²) in [6.07, 6.45) is 2.19. The molecule has 17 heavy (non-hydrogen) atoms. The predicted molar refractivity (Wildman–Crippen MR) is 62.9 cm³/mol. The van der Waals surface area contributed by atoms with Crippen molar-refractivity contribution in [3.05, 3.63) is 0 Å². The highest BCUT2D eigenvalue weighted by Crippen LogP contribution is 2.03. The summed E-state index contributed by atoms with van der Waals surface area (Å²) in [5.74, 6) is -0.865. The second kappa shape index (κ2) is 9.50. The Balaban J connectivity index is 3.94. The number of ether oxygens (including phenoxy) is 1. The van der Waals surface area contributed by atoms with Gasteiger partial charge in [-0.15, -0.1) is 0 Å². The zero-order valence-electron chi connectivity index (χ0n) is 9.98. The van der Waals surface area contributed by atoms with E-state index < -0.39 is 12.0 Å². The molecular formula is C11H18N2O4. The van der Waals surface area contributed by atoms with Crippen LogP contribution in [-0.2, 0) is 19.1 Å². The van der Waals surface area contributed by atoms with Crippen LogP contribution in [0.5, 0.6) is 0 Å². The fourth-order valence-electron chi connectivity index (χ4n) is 1.19. The van der Waals surface area contributed by atoms with Crippen LogP contribution in [0.25, 0.3) is 0 Å². The standard InChI is InChI=1S/C11H18N2O4/c1-3-17-10(15)8-13-11(16)9(12-2)6-4-5-7-14/h7,9H,2-6,8H2,1H3,(H,13,16)/t9-/m0/s1. The normalized spacial score (nSPS) is 11.4. The fourth-order valence-corrected chi connectivity index (χ4v) is 1.19. The SMILES string of the molecule is C=N[C@@H](CCCC=O)C(=O)NCC(=O)OCC. The van der Waals surface area contributed by atoms with E-state index in [0.29, 0.717) is 19.3 Å². The molecule has 0 aromatic carbocycles. The largest absolute Gasteiger partial charge is 0.465 e. The van der Waals surface area contributed by atoms with Crippen LogP contribution in [0.3, 0.4) is 0 Å². The molecule has 0 aliphatic heterocycles. The van der Waals surface area contributed by atoms with Crippen LogP contribution in [0.4, 0.5) is 0 Å². The van der Waals surface area contributed by atoms with Gasteiger partial charge in [-0.05, 0) is 26.5 Å². The second-order valence-corrected chi connectivity index (χ2v) is 3.32. The topological polar surface area (TPSA) is 84.8 Å². The molecule has 6 nitrogen and oxygen atoms in total. The molecule has 1 amide bonds. The average Bonchev–Trinajstić information content (AvgIpc) is 2.32. The maximum absolute atomic E-state index is 11.5. The molecule has 0 spiro atoms. The Kier molecular flexibility index (Phi) is 8.54. The number of unbranched alkanes of at least 4 members (excludes halogenated alkanes) is 1. The minimum absolute atomic E-state index is 0.174. The zero-order chi connectivity index (χ0) is 13.1. The van der Waals surface area contributed by atoms with Crippen molar-refractivity contribution in [2.45, 2.75) is 32.2 Å². The number of hydrogen-bond donors (Lipinski definition) is 1. The lowest BCUT2D eigenvalue weighted by atomic mass is 10.1. The number of aldehydes is 1. The van der Waals surface area contributed by atoms with Gasteiger partial charge >= 0.3 is 5.97 Å². The third kappa shape index (κ3) is 7.21. The van der Waals surface area contributed by atoms with E-state index in [1.807, 2.05) is 0 Å². The summed E-state index contributed by atoms with van der Waals surface area (Å²) < 4.78 is 4.66. The first-order valence-electron chi connectivity index (χ1n) is 5.48. The van der Waals surface area contributed by atoms with E-state index in [4.69, 9.17) is 0 Å². The van der Waals surface area contributed by atoms with E-state index in [9.17, 15) is 14.4 Å². The third-order valence-electron chi connectivity index (χ3n) is 2.03. The number of amides is 1. The molecule has 0 aromatic rings. The van der Waals surface area contributed by atoms with Crippen molar-refractivity contribution in [3.63, 3.8) is 0 Å². The molecule has 0 saturated heterocycles. The third-order valence-corrected chi connectivity index (χ3v) is 2.03. The Morgan fingerprint density at radius 3 is 2.76 bits per heavy atom. The number of hydrogen-bond acceptors (Lipinski definition) is 5. The van der Waals surface area contributed by atoms with Crippen molar-refractivity contribution < 1.29 is 19.1 Å². The average molecular weight is 242 g/mol. The highest BCUT2D eigenvalue weighted by molar-refractivity contribution is 5.86. The molecule has 0 aliphatic carbocycles. The molecule has 0 radical (unpaired) electrons. The maximum Gasteiger partial charge on any atom is 0.325 e. The van der Waals surface area contributed by atoms with Gasteiger partial charge in [-0.3, -0.25) is 14.6 Å². The molecule has 1 N–H and O–H groups in total. The van der Waals surface area contributed by atoms with Crippen LogP contribution in [0.2, 0.25) is 0 Å². The van der Waals surface area contributed by atoms with E-state index in [1.165, 1.54) is 0 Å². The summed E-state index contributed by atoms with van der Waals surface area (Å²) in [7, 11) is 0. The highest BCUT2D eigenvalue weighted by Gasteiger charge is 2.16. The van der Waals surface area contributed by atoms with Gasteiger partial charge in [-0.1, -0.05) is 0 Å². The summed E-state index contributed by atoms with van der Waals surface area (Å²) in [6.45, 7) is 5.10. The molecule has 0 fully saturated rings. The van der Waals surface area contributed by atoms with E-state index in [1.54, 1.807) is 6.92 Å². The monoisotopic (exact) mass is 242 g/mol. The molecule has 0 aliphatic rings. The number of esters is 1. The summed E-state index contributed by atoms with van der Waals surface area (Å²) >= 11 is 0. The van der Waals surface area contributed by atoms with Crippen LogP contribution >= 0.6 is 0 Å². The number of nitrogens with zero attached hydrogens (tertiary/aromatic N) is 1. The van der Waals surface area contributed by atoms with Crippen LogP contribution in [0.1, 0.15) is 26.2 Å². The van der Waals surface area contributed by atoms with Crippen LogP contribution in [-0.4, -0.2) is 44.1 Å². The van der Waals surface area contributed by atoms with Crippen LogP contribution < -0.4 is 5.32 Å². The lowest BCUT2D eigenvalue weighted by Gasteiger charge is -2.11. The van der Waals surface area contributed by atoms with Gasteiger partial charge in [0.1, 0.15) is 18.9 Å². The number of nitrogens with one attached hydrogen (secondary N) is 1. The fraction of sp³-hybridized carbons (Fsp3) is 0.636. The molecule has 0 saturated carbocycles. The van der Waals surface area contributed by atoms with E-state index in [2.05, 4.69) is 21.8 Å². The minimum atomic E-state index is -0.621. The van der Waals surface area contributed by atoms with Crippen molar-refractivity contribution in [1.29, 1.82) is 0 Å². The van der Waals surface area contributed by atoms with Gasteiger partial charge in [-0.2, -0.15) is 0 Å². The van der Waals surface area contributed by atoms with E-state index in [0.717, 1.165) is 6.29 Å². The molecule has 0 bridgehead atoms. The summed E-state index contributed by atoms with van der Waals surface area (Å²) in [5.41, 5.74) is 0. The Morgan fingerprint density at radius 2 is 2.24 bits per heavy atom. The van der Waals surface area contributed by atoms with Crippen molar-refractivity contribution in [1.82, 2.24) is 5.32 Å². The molecule has 0 aromatic heterocycles. The molecule has 0 unspecified atom stereocenters. The molecule has 1 atom stereocenters. The first-order valence-corrected chi connectivity index (χ1v) is 5.48. The Bertz CT molecular complexity index is 279. The van der Waals surface area contributed by atoms with Gasteiger partial charge in [0.2, 0.25) is 5.91 Å². The van der Waals surface area contributed by atoms with Gasteiger partial charge in [0.25, 0.3) is 0 Å². The first kappa shape index (κ1) is 15.3. The van der Waals surface area contributed by atoms with Gasteiger partial charge in [0.15, 0.2) is 0 Å². The Hall–Kier alpha value is -1.72. The van der Waals surface area contributed by atoms with Crippen molar-refractivity contribution in [2.24, 2.45) is 4.99 Å². The van der Waals surface area contributed by atoms with Crippen molar-refractivity contribution >= 4 is 24.9 Å². The Labute approximate surface area is 100 Å². The molecule has 0 rings (SSSR count). The number of carbonyl (C=O) groups excluding carboxylic acids is 3. The van der Waals surface area contributed by atoms with E-state index in [-0.39, 0.29) is 19.1 Å². The molecule has 0 heterocycles. The molecular weight excluding hydrogens is 224 g/mol. The lowest BCUT2D eigenvalue weighted by Crippen LogP contribution is -2.37. The van der Waals surface area contributed by atoms with Gasteiger partial charge < -0.3 is 14.8 Å². The summed E-state index contributed by atoms with van der Waals surface area (Å²) in [4.78, 5) is 36.3. The van der Waals surface area contributed by atoms with Crippen LogP contribution in [0.15, 0.2) is 4.99 Å². The quantitative estimate of drug-likeness (QED) is 0.269. The van der Waals surface area contributed by atoms with Crippen molar-refractivity contribution in [2.75, 3.05) is 13.2 Å². The zero-order valence-corrected chi connectivity index (χ0v) is 9.98. The highest BCUT2D eigenvalue weighted by atomic mass is 16.5. The van der Waals surface area contributed by atoms with Gasteiger partial charge in [0.05, 0.1) is 6.61 Å². The van der Waals surface area contributed by atoms with E-state index >= 15 is 0 Å². The van der Waals surface area contributed by atoms with Crippen LogP contribution in [0, 0.1) is 0 Å². The smallest absolute Gasteiger partial charge is 0.325 e. The second-order valence-electron chi connectivity index (χ2n) is 3.32. The van der Waals surface area contributed by atoms with Crippen molar-refractivity contribution in [3.8, 4) is 0 Å². The number of aliphatic imine (C=N–C) groups is 1. The number of carbonyl (C=O) groups is 3. The molecule has 96 valence electrons. The maximum atomic E-state index is 11.5. The van der Waals surface area contributed by atoms with Gasteiger partial charge in [0, 0.05) is 6.42 Å².